The monoisotopic (exact) mass is 465 g/mol. The van der Waals surface area contributed by atoms with E-state index in [2.05, 4.69) is 9.97 Å². The lowest BCUT2D eigenvalue weighted by Gasteiger charge is -2.24. The summed E-state index contributed by atoms with van der Waals surface area (Å²) in [6.07, 6.45) is 3.11. The van der Waals surface area contributed by atoms with Gasteiger partial charge in [0, 0.05) is 18.4 Å². The van der Waals surface area contributed by atoms with Crippen LogP contribution in [0.4, 0.5) is 5.82 Å². The van der Waals surface area contributed by atoms with Crippen molar-refractivity contribution in [3.05, 3.63) is 86.6 Å². The van der Waals surface area contributed by atoms with Crippen LogP contribution >= 0.6 is 0 Å². The fourth-order valence-electron chi connectivity index (χ4n) is 3.46. The van der Waals surface area contributed by atoms with Crippen LogP contribution in [0, 0.1) is 0 Å². The fraction of sp³-hybridized carbons (Fsp3) is 0.304. The normalized spacial score (nSPS) is 11.2. The molecule has 0 atom stereocenters. The summed E-state index contributed by atoms with van der Waals surface area (Å²) in [5, 5.41) is 0. The van der Waals surface area contributed by atoms with E-state index in [4.69, 9.17) is 11.5 Å². The molecule has 0 aliphatic rings. The van der Waals surface area contributed by atoms with Crippen molar-refractivity contribution in [2.75, 3.05) is 18.8 Å². The standard InChI is InChI=1S/C23H27N7O4/c1-15(2)28(14-19(24)32)13-18(31)20-21(25)29(11-16-7-3-5-9-26-16)23(34)30(22(20)33)12-17-8-4-6-10-27-17/h3-10,15H,11-14,25H2,1-2H3,(H2,24,32). The number of rotatable bonds is 10. The van der Waals surface area contributed by atoms with E-state index < -0.39 is 22.9 Å². The molecule has 0 fully saturated rings. The second-order valence-corrected chi connectivity index (χ2v) is 8.05. The number of amides is 1. The molecule has 178 valence electrons. The van der Waals surface area contributed by atoms with Crippen molar-refractivity contribution in [2.24, 2.45) is 5.73 Å². The van der Waals surface area contributed by atoms with Crippen molar-refractivity contribution in [2.45, 2.75) is 33.0 Å². The molecule has 3 aromatic rings. The average Bonchev–Trinajstić information content (AvgIpc) is 2.80. The van der Waals surface area contributed by atoms with Crippen LogP contribution in [0.15, 0.2) is 58.4 Å². The van der Waals surface area contributed by atoms with Crippen molar-refractivity contribution in [3.63, 3.8) is 0 Å². The molecule has 0 aromatic carbocycles. The Hall–Kier alpha value is -4.12. The number of hydrogen-bond acceptors (Lipinski definition) is 8. The Balaban J connectivity index is 2.13. The van der Waals surface area contributed by atoms with Crippen molar-refractivity contribution < 1.29 is 9.59 Å². The van der Waals surface area contributed by atoms with Gasteiger partial charge >= 0.3 is 5.69 Å². The van der Waals surface area contributed by atoms with Gasteiger partial charge < -0.3 is 11.5 Å². The predicted octanol–water partition coefficient (Wildman–Crippen LogP) is -0.143. The summed E-state index contributed by atoms with van der Waals surface area (Å²) in [6, 6.07) is 10.1. The highest BCUT2D eigenvalue weighted by atomic mass is 16.2. The van der Waals surface area contributed by atoms with Crippen LogP contribution in [-0.4, -0.2) is 54.8 Å². The molecule has 34 heavy (non-hydrogen) atoms. The molecule has 0 bridgehead atoms. The Kier molecular flexibility index (Phi) is 7.69. The summed E-state index contributed by atoms with van der Waals surface area (Å²) in [7, 11) is 0. The number of hydrogen-bond donors (Lipinski definition) is 2. The number of nitrogen functional groups attached to an aromatic ring is 1. The molecule has 0 radical (unpaired) electrons. The Morgan fingerprint density at radius 2 is 1.50 bits per heavy atom. The summed E-state index contributed by atoms with van der Waals surface area (Å²) >= 11 is 0. The summed E-state index contributed by atoms with van der Waals surface area (Å²) in [5.74, 6) is -1.49. The topological polar surface area (TPSA) is 159 Å². The van der Waals surface area contributed by atoms with E-state index in [1.54, 1.807) is 62.6 Å². The number of anilines is 1. The third-order valence-electron chi connectivity index (χ3n) is 5.28. The summed E-state index contributed by atoms with van der Waals surface area (Å²) in [6.45, 7) is 2.96. The van der Waals surface area contributed by atoms with Crippen molar-refractivity contribution in [1.29, 1.82) is 0 Å². The van der Waals surface area contributed by atoms with Crippen LogP contribution in [0.25, 0.3) is 0 Å². The molecule has 0 saturated heterocycles. The number of ketones is 1. The van der Waals surface area contributed by atoms with E-state index in [1.165, 1.54) is 4.90 Å². The van der Waals surface area contributed by atoms with Gasteiger partial charge in [0.2, 0.25) is 5.91 Å². The van der Waals surface area contributed by atoms with Gasteiger partial charge in [-0.3, -0.25) is 38.4 Å². The second kappa shape index (κ2) is 10.7. The molecule has 3 aromatic heterocycles. The fourth-order valence-corrected chi connectivity index (χ4v) is 3.46. The molecule has 4 N–H and O–H groups in total. The molecule has 3 heterocycles. The lowest BCUT2D eigenvalue weighted by Crippen LogP contribution is -2.47. The van der Waals surface area contributed by atoms with Crippen LogP contribution in [0.1, 0.15) is 35.6 Å². The van der Waals surface area contributed by atoms with Crippen molar-refractivity contribution >= 4 is 17.5 Å². The summed E-state index contributed by atoms with van der Waals surface area (Å²) in [4.78, 5) is 61.2. The Bertz CT molecular complexity index is 1280. The first-order valence-electron chi connectivity index (χ1n) is 10.7. The van der Waals surface area contributed by atoms with Gasteiger partial charge in [-0.1, -0.05) is 12.1 Å². The molecule has 1 amide bonds. The zero-order valence-corrected chi connectivity index (χ0v) is 19.0. The van der Waals surface area contributed by atoms with Gasteiger partial charge in [0.05, 0.1) is 37.6 Å². The number of primary amides is 1. The summed E-state index contributed by atoms with van der Waals surface area (Å²) < 4.78 is 2.08. The first-order valence-corrected chi connectivity index (χ1v) is 10.7. The molecule has 0 spiro atoms. The quantitative estimate of drug-likeness (QED) is 0.391. The minimum absolute atomic E-state index is 0.0382. The molecule has 3 rings (SSSR count). The average molecular weight is 466 g/mol. The van der Waals surface area contributed by atoms with E-state index >= 15 is 0 Å². The van der Waals surface area contributed by atoms with Crippen LogP contribution in [0.3, 0.4) is 0 Å². The van der Waals surface area contributed by atoms with E-state index in [0.717, 1.165) is 9.13 Å². The zero-order valence-electron chi connectivity index (χ0n) is 19.0. The van der Waals surface area contributed by atoms with Gasteiger partial charge in [-0.05, 0) is 38.1 Å². The first-order chi connectivity index (χ1) is 16.2. The Morgan fingerprint density at radius 1 is 0.941 bits per heavy atom. The van der Waals surface area contributed by atoms with Crippen LogP contribution in [0.2, 0.25) is 0 Å². The second-order valence-electron chi connectivity index (χ2n) is 8.05. The number of nitrogens with two attached hydrogens (primary N) is 2. The van der Waals surface area contributed by atoms with Gasteiger partial charge in [-0.15, -0.1) is 0 Å². The highest BCUT2D eigenvalue weighted by Gasteiger charge is 2.26. The van der Waals surface area contributed by atoms with Crippen molar-refractivity contribution in [3.8, 4) is 0 Å². The minimum Gasteiger partial charge on any atom is -0.384 e. The molecular weight excluding hydrogens is 438 g/mol. The lowest BCUT2D eigenvalue weighted by atomic mass is 10.1. The molecule has 0 aliphatic heterocycles. The molecular formula is C23H27N7O4. The smallest absolute Gasteiger partial charge is 0.333 e. The number of pyridine rings is 2. The number of carbonyl (C=O) groups is 2. The first kappa shape index (κ1) is 24.5. The maximum absolute atomic E-state index is 13.3. The van der Waals surface area contributed by atoms with Crippen LogP contribution in [-0.2, 0) is 17.9 Å². The Labute approximate surface area is 195 Å². The highest BCUT2D eigenvalue weighted by molar-refractivity contribution is 6.01. The third kappa shape index (κ3) is 5.62. The zero-order chi connectivity index (χ0) is 24.8. The maximum Gasteiger partial charge on any atom is 0.333 e. The van der Waals surface area contributed by atoms with Gasteiger partial charge in [0.15, 0.2) is 5.78 Å². The highest BCUT2D eigenvalue weighted by Crippen LogP contribution is 2.11. The van der Waals surface area contributed by atoms with Gasteiger partial charge in [0.1, 0.15) is 11.4 Å². The summed E-state index contributed by atoms with van der Waals surface area (Å²) in [5.41, 5.74) is 10.7. The molecule has 11 nitrogen and oxygen atoms in total. The number of nitrogens with zero attached hydrogens (tertiary/aromatic N) is 5. The number of carbonyl (C=O) groups excluding carboxylic acids is 2. The number of aromatic nitrogens is 4. The van der Waals surface area contributed by atoms with E-state index in [1.807, 2.05) is 0 Å². The number of Topliss-reactive ketones (excluding diaryl/α,β-unsaturated/α-hetero) is 1. The van der Waals surface area contributed by atoms with Crippen LogP contribution < -0.4 is 22.7 Å². The molecule has 0 aliphatic carbocycles. The van der Waals surface area contributed by atoms with Crippen LogP contribution in [0.5, 0.6) is 0 Å². The minimum atomic E-state index is -0.821. The lowest BCUT2D eigenvalue weighted by molar-refractivity contribution is -0.119. The maximum atomic E-state index is 13.3. The Morgan fingerprint density at radius 3 is 1.97 bits per heavy atom. The third-order valence-corrected chi connectivity index (χ3v) is 5.28. The predicted molar refractivity (Wildman–Crippen MR) is 126 cm³/mol. The van der Waals surface area contributed by atoms with E-state index in [-0.39, 0.29) is 43.6 Å². The van der Waals surface area contributed by atoms with E-state index in [0.29, 0.717) is 11.4 Å². The molecule has 0 unspecified atom stereocenters. The largest absolute Gasteiger partial charge is 0.384 e. The van der Waals surface area contributed by atoms with Gasteiger partial charge in [-0.25, -0.2) is 4.79 Å². The van der Waals surface area contributed by atoms with E-state index in [9.17, 15) is 19.2 Å². The SMILES string of the molecule is CC(C)N(CC(N)=O)CC(=O)c1c(N)n(Cc2ccccn2)c(=O)n(Cc2ccccn2)c1=O. The molecule has 11 heteroatoms. The van der Waals surface area contributed by atoms with Crippen molar-refractivity contribution in [1.82, 2.24) is 24.0 Å². The molecule has 0 saturated carbocycles. The van der Waals surface area contributed by atoms with Gasteiger partial charge in [-0.2, -0.15) is 0 Å². The van der Waals surface area contributed by atoms with Gasteiger partial charge in [0.25, 0.3) is 5.56 Å².